The molecule has 0 radical (unpaired) electrons. The highest BCUT2D eigenvalue weighted by Gasteiger charge is 2.56. The van der Waals surface area contributed by atoms with E-state index in [1.165, 1.54) is 21.2 Å². The monoisotopic (exact) mass is 646 g/mol. The predicted octanol–water partition coefficient (Wildman–Crippen LogP) is 6.15. The van der Waals surface area contributed by atoms with E-state index < -0.39 is 17.1 Å². The average molecular weight is 647 g/mol. The lowest BCUT2D eigenvalue weighted by atomic mass is 9.83. The molecule has 226 valence electrons. The van der Waals surface area contributed by atoms with Gasteiger partial charge in [-0.15, -0.1) is 0 Å². The number of hydrogen-bond donors (Lipinski definition) is 1. The van der Waals surface area contributed by atoms with Crippen LogP contribution in [0.2, 0.25) is 5.02 Å². The number of aromatic nitrogens is 1. The van der Waals surface area contributed by atoms with Crippen molar-refractivity contribution in [3.05, 3.63) is 103 Å². The number of aryl methyl sites for hydroxylation is 1. The molecule has 1 N–H and O–H groups in total. The van der Waals surface area contributed by atoms with Gasteiger partial charge in [0.25, 0.3) is 0 Å². The Hall–Kier alpha value is -3.86. The topological polar surface area (TPSA) is 91.7 Å². The summed E-state index contributed by atoms with van der Waals surface area (Å²) < 4.78 is 1.44. The first-order chi connectivity index (χ1) is 21.2. The molecule has 6 rings (SSSR count). The number of nitrogens with zero attached hydrogens (tertiary/aromatic N) is 3. The minimum atomic E-state index is -0.766. The van der Waals surface area contributed by atoms with Gasteiger partial charge in [-0.1, -0.05) is 59.0 Å². The van der Waals surface area contributed by atoms with Gasteiger partial charge in [-0.05, 0) is 80.4 Å². The number of carbonyl (C=O) groups excluding carboxylic acids is 3. The van der Waals surface area contributed by atoms with Gasteiger partial charge in [0, 0.05) is 40.3 Å². The Morgan fingerprint density at radius 1 is 0.955 bits per heavy atom. The molecule has 8 nitrogen and oxygen atoms in total. The summed E-state index contributed by atoms with van der Waals surface area (Å²) in [5.74, 6) is -2.27. The highest BCUT2D eigenvalue weighted by atomic mass is 35.5. The van der Waals surface area contributed by atoms with Gasteiger partial charge in [-0.3, -0.25) is 23.7 Å². The summed E-state index contributed by atoms with van der Waals surface area (Å²) in [6.45, 7) is 7.61. The van der Waals surface area contributed by atoms with Crippen LogP contribution in [0.1, 0.15) is 35.8 Å². The highest BCUT2D eigenvalue weighted by molar-refractivity contribution is 8.00. The Kier molecular flexibility index (Phi) is 8.41. The highest BCUT2D eigenvalue weighted by Crippen LogP contribution is 2.54. The van der Waals surface area contributed by atoms with E-state index in [4.69, 9.17) is 11.6 Å². The second kappa shape index (κ2) is 12.3. The zero-order valence-electron chi connectivity index (χ0n) is 24.5. The molecule has 0 unspecified atom stereocenters. The van der Waals surface area contributed by atoms with E-state index in [1.54, 1.807) is 30.3 Å². The maximum absolute atomic E-state index is 14.1. The van der Waals surface area contributed by atoms with Gasteiger partial charge in [-0.2, -0.15) is 0 Å². The standard InChI is InChI=1S/C33H31ClN4O4S2/c1-4-36(5-2)23-13-9-20(10-14-23)26-27-28(31(41)38(30(27)40)24-15-11-21(34)12-16-24)43-32-29(26)44-33(42)37(32)18-25(39)35-22-8-6-7-19(3)17-22/h6-17,26-28H,4-5,18H2,1-3H3,(H,35,39)/t26-,27-,28+/m0/s1. The van der Waals surface area contributed by atoms with Crippen molar-refractivity contribution in [1.29, 1.82) is 0 Å². The van der Waals surface area contributed by atoms with Crippen LogP contribution < -0.4 is 20.0 Å². The van der Waals surface area contributed by atoms with Crippen LogP contribution in [0.3, 0.4) is 0 Å². The van der Waals surface area contributed by atoms with Crippen molar-refractivity contribution in [3.63, 3.8) is 0 Å². The van der Waals surface area contributed by atoms with Crippen LogP contribution in [-0.2, 0) is 20.9 Å². The summed E-state index contributed by atoms with van der Waals surface area (Å²) in [6.07, 6.45) is 0. The predicted molar refractivity (Wildman–Crippen MR) is 177 cm³/mol. The quantitative estimate of drug-likeness (QED) is 0.231. The number of anilines is 3. The Morgan fingerprint density at radius 3 is 2.32 bits per heavy atom. The van der Waals surface area contributed by atoms with E-state index in [0.717, 1.165) is 41.2 Å². The van der Waals surface area contributed by atoms with E-state index in [-0.39, 0.29) is 29.1 Å². The third kappa shape index (κ3) is 5.46. The van der Waals surface area contributed by atoms with Crippen LogP contribution >= 0.6 is 34.7 Å². The molecule has 0 aliphatic carbocycles. The van der Waals surface area contributed by atoms with Crippen LogP contribution in [-0.4, -0.2) is 40.6 Å². The van der Waals surface area contributed by atoms with Gasteiger partial charge in [0.2, 0.25) is 17.7 Å². The minimum absolute atomic E-state index is 0.209. The smallest absolute Gasteiger partial charge is 0.308 e. The number of benzene rings is 3. The molecule has 0 saturated carbocycles. The Labute approximate surface area is 268 Å². The van der Waals surface area contributed by atoms with E-state index in [0.29, 0.717) is 26.3 Å². The molecular weight excluding hydrogens is 616 g/mol. The largest absolute Gasteiger partial charge is 0.372 e. The second-order valence-corrected chi connectivity index (χ2v) is 13.4. The molecule has 2 aliphatic rings. The number of imide groups is 1. The van der Waals surface area contributed by atoms with E-state index in [1.807, 2.05) is 49.4 Å². The minimum Gasteiger partial charge on any atom is -0.372 e. The van der Waals surface area contributed by atoms with Crippen molar-refractivity contribution in [2.45, 2.75) is 43.5 Å². The fourth-order valence-electron chi connectivity index (χ4n) is 6.01. The molecule has 3 aromatic carbocycles. The van der Waals surface area contributed by atoms with Crippen molar-refractivity contribution >= 4 is 69.5 Å². The number of nitrogens with one attached hydrogen (secondary N) is 1. The average Bonchev–Trinajstić information content (AvgIpc) is 3.45. The molecule has 1 fully saturated rings. The molecule has 1 saturated heterocycles. The molecule has 11 heteroatoms. The zero-order valence-corrected chi connectivity index (χ0v) is 26.8. The van der Waals surface area contributed by atoms with Crippen LogP contribution in [0.5, 0.6) is 0 Å². The fourth-order valence-corrected chi connectivity index (χ4v) is 8.91. The van der Waals surface area contributed by atoms with Crippen LogP contribution in [0.15, 0.2) is 82.6 Å². The molecule has 4 aromatic rings. The van der Waals surface area contributed by atoms with Gasteiger partial charge in [0.1, 0.15) is 11.8 Å². The van der Waals surface area contributed by atoms with Crippen molar-refractivity contribution in [3.8, 4) is 0 Å². The first-order valence-electron chi connectivity index (χ1n) is 14.4. The molecule has 0 spiro atoms. The third-order valence-electron chi connectivity index (χ3n) is 8.12. The normalized spacial score (nSPS) is 19.1. The Bertz CT molecular complexity index is 1800. The maximum Gasteiger partial charge on any atom is 0.308 e. The second-order valence-electron chi connectivity index (χ2n) is 10.8. The summed E-state index contributed by atoms with van der Waals surface area (Å²) in [5.41, 5.74) is 3.98. The van der Waals surface area contributed by atoms with Crippen molar-refractivity contribution in [2.24, 2.45) is 5.92 Å². The number of rotatable bonds is 8. The van der Waals surface area contributed by atoms with Crippen molar-refractivity contribution in [2.75, 3.05) is 28.2 Å². The molecule has 2 aliphatic heterocycles. The number of thiazole rings is 1. The van der Waals surface area contributed by atoms with Gasteiger partial charge >= 0.3 is 4.87 Å². The molecular formula is C33H31ClN4O4S2. The fraction of sp³-hybridized carbons (Fsp3) is 0.273. The number of carbonyl (C=O) groups is 3. The molecule has 0 bridgehead atoms. The number of fused-ring (bicyclic) bond motifs is 2. The lowest BCUT2D eigenvalue weighted by Gasteiger charge is -2.31. The van der Waals surface area contributed by atoms with Gasteiger partial charge in [-0.25, -0.2) is 4.90 Å². The van der Waals surface area contributed by atoms with E-state index in [9.17, 15) is 19.2 Å². The molecule has 1 aromatic heterocycles. The number of thioether (sulfide) groups is 1. The first kappa shape index (κ1) is 30.2. The summed E-state index contributed by atoms with van der Waals surface area (Å²) in [6, 6.07) is 22.1. The summed E-state index contributed by atoms with van der Waals surface area (Å²) in [7, 11) is 0. The van der Waals surface area contributed by atoms with E-state index >= 15 is 0 Å². The van der Waals surface area contributed by atoms with Gasteiger partial charge < -0.3 is 10.2 Å². The van der Waals surface area contributed by atoms with Gasteiger partial charge in [0.15, 0.2) is 0 Å². The summed E-state index contributed by atoms with van der Waals surface area (Å²) >= 11 is 8.33. The Balaban J connectivity index is 1.41. The van der Waals surface area contributed by atoms with Crippen LogP contribution in [0.25, 0.3) is 0 Å². The van der Waals surface area contributed by atoms with Crippen LogP contribution in [0, 0.1) is 12.8 Å². The summed E-state index contributed by atoms with van der Waals surface area (Å²) in [5, 5.41) is 3.16. The lowest BCUT2D eigenvalue weighted by molar-refractivity contribution is -0.122. The molecule has 3 amide bonds. The Morgan fingerprint density at radius 2 is 1.66 bits per heavy atom. The van der Waals surface area contributed by atoms with Crippen molar-refractivity contribution < 1.29 is 14.4 Å². The third-order valence-corrected chi connectivity index (χ3v) is 11.0. The molecule has 44 heavy (non-hydrogen) atoms. The summed E-state index contributed by atoms with van der Waals surface area (Å²) in [4.78, 5) is 58.5. The number of amides is 3. The zero-order chi connectivity index (χ0) is 31.1. The van der Waals surface area contributed by atoms with Crippen molar-refractivity contribution in [1.82, 2.24) is 4.57 Å². The first-order valence-corrected chi connectivity index (χ1v) is 16.5. The SMILES string of the molecule is CCN(CC)c1ccc([C@@H]2c3sc(=O)n(CC(=O)Nc4cccc(C)c4)c3S[C@H]3C(=O)N(c4ccc(Cl)cc4)C(=O)[C@@H]23)cc1. The molecule has 3 heterocycles. The lowest BCUT2D eigenvalue weighted by Crippen LogP contribution is -2.33. The number of halogens is 1. The molecule has 3 atom stereocenters. The van der Waals surface area contributed by atoms with E-state index in [2.05, 4.69) is 24.1 Å². The van der Waals surface area contributed by atoms with Crippen LogP contribution in [0.4, 0.5) is 17.1 Å². The number of hydrogen-bond acceptors (Lipinski definition) is 7. The van der Waals surface area contributed by atoms with Gasteiger partial charge in [0.05, 0.1) is 16.6 Å². The maximum atomic E-state index is 14.1.